The summed E-state index contributed by atoms with van der Waals surface area (Å²) in [6, 6.07) is 5.26. The summed E-state index contributed by atoms with van der Waals surface area (Å²) in [7, 11) is 0. The summed E-state index contributed by atoms with van der Waals surface area (Å²) in [6.07, 6.45) is 1.76. The van der Waals surface area contributed by atoms with Gasteiger partial charge in [0.1, 0.15) is 0 Å². The molecule has 0 aromatic heterocycles. The van der Waals surface area contributed by atoms with E-state index in [1.54, 1.807) is 0 Å². The van der Waals surface area contributed by atoms with E-state index in [0.717, 1.165) is 12.8 Å². The Morgan fingerprint density at radius 2 is 1.80 bits per heavy atom. The number of benzene rings is 1. The normalized spacial score (nSPS) is 14.5. The van der Waals surface area contributed by atoms with Crippen LogP contribution in [0.25, 0.3) is 0 Å². The van der Waals surface area contributed by atoms with Crippen molar-refractivity contribution in [2.24, 2.45) is 5.73 Å². The molecule has 0 radical (unpaired) electrons. The van der Waals surface area contributed by atoms with Crippen molar-refractivity contribution in [3.8, 4) is 0 Å². The number of alkyl halides is 3. The van der Waals surface area contributed by atoms with E-state index < -0.39 is 17.7 Å². The van der Waals surface area contributed by atoms with Crippen LogP contribution >= 0.6 is 24.2 Å². The Morgan fingerprint density at radius 1 is 1.25 bits per heavy atom. The van der Waals surface area contributed by atoms with Gasteiger partial charge in [-0.3, -0.25) is 0 Å². The highest BCUT2D eigenvalue weighted by molar-refractivity contribution is 8.00. The van der Waals surface area contributed by atoms with Crippen molar-refractivity contribution in [3.05, 3.63) is 29.8 Å². The molecule has 0 fully saturated rings. The number of aliphatic hydroxyl groups is 1. The smallest absolute Gasteiger partial charge is 0.391 e. The maximum absolute atomic E-state index is 12.2. The predicted molar refractivity (Wildman–Crippen MR) is 78.1 cm³/mol. The first kappa shape index (κ1) is 19.6. The van der Waals surface area contributed by atoms with Crippen molar-refractivity contribution in [2.45, 2.75) is 48.7 Å². The summed E-state index contributed by atoms with van der Waals surface area (Å²) >= 11 is -0.160. The van der Waals surface area contributed by atoms with Crippen LogP contribution in [0.3, 0.4) is 0 Å². The largest absolute Gasteiger partial charge is 0.446 e. The summed E-state index contributed by atoms with van der Waals surface area (Å²) in [4.78, 5) is 0.117. The zero-order valence-corrected chi connectivity index (χ0v) is 12.7. The minimum atomic E-state index is -4.29. The van der Waals surface area contributed by atoms with Crippen LogP contribution in [0.1, 0.15) is 37.8 Å². The summed E-state index contributed by atoms with van der Waals surface area (Å²) in [5, 5.41) is 9.85. The van der Waals surface area contributed by atoms with E-state index in [-0.39, 0.29) is 29.1 Å². The predicted octanol–water partition coefficient (Wildman–Crippen LogP) is 4.27. The lowest BCUT2D eigenvalue weighted by Gasteiger charge is -2.19. The Kier molecular flexibility index (Phi) is 8.58. The third-order valence-electron chi connectivity index (χ3n) is 2.77. The average Bonchev–Trinajstić information content (AvgIpc) is 2.34. The molecule has 1 aromatic rings. The maximum Gasteiger partial charge on any atom is 0.446 e. The number of aliphatic hydroxyl groups excluding tert-OH is 1. The topological polar surface area (TPSA) is 46.2 Å². The molecule has 20 heavy (non-hydrogen) atoms. The first-order chi connectivity index (χ1) is 8.83. The molecule has 2 atom stereocenters. The first-order valence-electron chi connectivity index (χ1n) is 6.13. The molecule has 7 heteroatoms. The van der Waals surface area contributed by atoms with E-state index in [1.165, 1.54) is 24.3 Å². The molecular formula is C13H19ClF3NOS. The molecule has 0 saturated heterocycles. The molecule has 0 saturated carbocycles. The number of thioether (sulfide) groups is 1. The Bertz CT molecular complexity index is 386. The highest BCUT2D eigenvalue weighted by Crippen LogP contribution is 2.37. The van der Waals surface area contributed by atoms with E-state index in [0.29, 0.717) is 12.0 Å². The Hall–Kier alpha value is -0.430. The van der Waals surface area contributed by atoms with Crippen molar-refractivity contribution >= 4 is 24.2 Å². The fourth-order valence-corrected chi connectivity index (χ4v) is 2.25. The first-order valence-corrected chi connectivity index (χ1v) is 6.94. The van der Waals surface area contributed by atoms with Crippen molar-refractivity contribution in [2.75, 3.05) is 0 Å². The highest BCUT2D eigenvalue weighted by atomic mass is 35.5. The molecule has 0 aliphatic carbocycles. The van der Waals surface area contributed by atoms with Crippen LogP contribution in [0, 0.1) is 0 Å². The fourth-order valence-electron chi connectivity index (χ4n) is 1.71. The number of hydrogen-bond donors (Lipinski definition) is 2. The van der Waals surface area contributed by atoms with Crippen molar-refractivity contribution in [1.29, 1.82) is 0 Å². The van der Waals surface area contributed by atoms with Crippen LogP contribution in [0.5, 0.6) is 0 Å². The Labute approximate surface area is 127 Å². The second-order valence-corrected chi connectivity index (χ2v) is 5.49. The average molecular weight is 330 g/mol. The summed E-state index contributed by atoms with van der Waals surface area (Å²) in [5.74, 6) is 0. The van der Waals surface area contributed by atoms with Crippen LogP contribution in [0.15, 0.2) is 29.2 Å². The minimum Gasteiger partial charge on any atom is -0.391 e. The van der Waals surface area contributed by atoms with Gasteiger partial charge >= 0.3 is 5.51 Å². The second-order valence-electron chi connectivity index (χ2n) is 4.35. The van der Waals surface area contributed by atoms with Gasteiger partial charge in [-0.1, -0.05) is 31.9 Å². The van der Waals surface area contributed by atoms with E-state index >= 15 is 0 Å². The van der Waals surface area contributed by atoms with Gasteiger partial charge in [-0.05, 0) is 35.9 Å². The van der Waals surface area contributed by atoms with Gasteiger partial charge in [0.15, 0.2) is 0 Å². The molecule has 0 bridgehead atoms. The molecule has 1 rings (SSSR count). The van der Waals surface area contributed by atoms with E-state index in [2.05, 4.69) is 0 Å². The molecular weight excluding hydrogens is 311 g/mol. The van der Waals surface area contributed by atoms with E-state index in [1.807, 2.05) is 6.92 Å². The number of rotatable bonds is 6. The number of halogens is 4. The molecule has 0 heterocycles. The zero-order chi connectivity index (χ0) is 14.5. The summed E-state index contributed by atoms with van der Waals surface area (Å²) < 4.78 is 36.5. The standard InChI is InChI=1S/C13H18F3NOS.ClH/c1-2-3-4-11(18)12(17)9-5-7-10(8-6-9)19-13(14,15)16;/h5-8,11-12,18H,2-4,17H2,1H3;1H/t11-,12+;/m0./s1. The quantitative estimate of drug-likeness (QED) is 0.766. The van der Waals surface area contributed by atoms with Gasteiger partial charge in [0.2, 0.25) is 0 Å². The maximum atomic E-state index is 12.2. The second kappa shape index (κ2) is 8.77. The molecule has 0 aliphatic rings. The van der Waals surface area contributed by atoms with Gasteiger partial charge in [0, 0.05) is 4.90 Å². The lowest BCUT2D eigenvalue weighted by atomic mass is 9.98. The lowest BCUT2D eigenvalue weighted by molar-refractivity contribution is -0.0328. The van der Waals surface area contributed by atoms with Gasteiger partial charge in [0.05, 0.1) is 12.1 Å². The van der Waals surface area contributed by atoms with Gasteiger partial charge in [0.25, 0.3) is 0 Å². The third-order valence-corrected chi connectivity index (χ3v) is 3.51. The number of hydrogen-bond acceptors (Lipinski definition) is 3. The molecule has 3 N–H and O–H groups in total. The van der Waals surface area contributed by atoms with Crippen LogP contribution < -0.4 is 5.73 Å². The van der Waals surface area contributed by atoms with Gasteiger partial charge in [-0.15, -0.1) is 12.4 Å². The van der Waals surface area contributed by atoms with Crippen molar-refractivity contribution < 1.29 is 18.3 Å². The zero-order valence-electron chi connectivity index (χ0n) is 11.1. The fraction of sp³-hybridized carbons (Fsp3) is 0.538. The van der Waals surface area contributed by atoms with E-state index in [9.17, 15) is 18.3 Å². The SMILES string of the molecule is CCCC[C@H](O)[C@H](N)c1ccc(SC(F)(F)F)cc1.Cl. The monoisotopic (exact) mass is 329 g/mol. The summed E-state index contributed by atoms with van der Waals surface area (Å²) in [5.41, 5.74) is 2.24. The van der Waals surface area contributed by atoms with Crippen LogP contribution in [0.2, 0.25) is 0 Å². The van der Waals surface area contributed by atoms with Crippen LogP contribution in [-0.4, -0.2) is 16.7 Å². The Morgan fingerprint density at radius 3 is 2.25 bits per heavy atom. The van der Waals surface area contributed by atoms with Crippen molar-refractivity contribution in [1.82, 2.24) is 0 Å². The number of unbranched alkanes of at least 4 members (excludes halogenated alkanes) is 1. The molecule has 0 amide bonds. The molecule has 0 unspecified atom stereocenters. The third kappa shape index (κ3) is 6.83. The van der Waals surface area contributed by atoms with E-state index in [4.69, 9.17) is 5.73 Å². The molecule has 0 aliphatic heterocycles. The van der Waals surface area contributed by atoms with Gasteiger partial charge in [-0.25, -0.2) is 0 Å². The Balaban J connectivity index is 0.00000361. The minimum absolute atomic E-state index is 0. The van der Waals surface area contributed by atoms with Gasteiger partial charge in [-0.2, -0.15) is 13.2 Å². The molecule has 116 valence electrons. The van der Waals surface area contributed by atoms with Crippen molar-refractivity contribution in [3.63, 3.8) is 0 Å². The molecule has 2 nitrogen and oxygen atoms in total. The van der Waals surface area contributed by atoms with Crippen LogP contribution in [-0.2, 0) is 0 Å². The lowest BCUT2D eigenvalue weighted by Crippen LogP contribution is -2.26. The molecule has 0 spiro atoms. The molecule has 1 aromatic carbocycles. The van der Waals surface area contributed by atoms with Gasteiger partial charge < -0.3 is 10.8 Å². The van der Waals surface area contributed by atoms with Crippen LogP contribution in [0.4, 0.5) is 13.2 Å². The highest BCUT2D eigenvalue weighted by Gasteiger charge is 2.29. The summed E-state index contributed by atoms with van der Waals surface area (Å²) in [6.45, 7) is 2.02. The number of nitrogens with two attached hydrogens (primary N) is 1.